The first-order valence-electron chi connectivity index (χ1n) is 7.28. The molecule has 0 spiro atoms. The first kappa shape index (κ1) is 14.8. The third-order valence-electron chi connectivity index (χ3n) is 3.65. The summed E-state index contributed by atoms with van der Waals surface area (Å²) in [6, 6.07) is 10.6. The summed E-state index contributed by atoms with van der Waals surface area (Å²) in [5.74, 6) is -0.0705. The van der Waals surface area contributed by atoms with Gasteiger partial charge in [0.1, 0.15) is 0 Å². The molecule has 0 radical (unpaired) electrons. The normalized spacial score (nSPS) is 16.1. The van der Waals surface area contributed by atoms with Gasteiger partial charge in [0.25, 0.3) is 0 Å². The molecule has 0 aliphatic carbocycles. The van der Waals surface area contributed by atoms with Crippen LogP contribution in [0.2, 0.25) is 0 Å². The number of rotatable bonds is 6. The van der Waals surface area contributed by atoms with Gasteiger partial charge < -0.3 is 16.0 Å². The van der Waals surface area contributed by atoms with E-state index >= 15 is 0 Å². The monoisotopic (exact) mass is 276 g/mol. The maximum absolute atomic E-state index is 11.0. The molecule has 1 heterocycles. The number of nitrogens with one attached hydrogen (secondary N) is 1. The molecule has 1 aromatic rings. The van der Waals surface area contributed by atoms with Crippen molar-refractivity contribution in [3.8, 4) is 0 Å². The van der Waals surface area contributed by atoms with Crippen LogP contribution in [0.5, 0.6) is 0 Å². The Bertz CT molecular complexity index is 402. The van der Waals surface area contributed by atoms with Gasteiger partial charge in [0.2, 0.25) is 5.91 Å². The molecule has 1 aliphatic heterocycles. The third-order valence-corrected chi connectivity index (χ3v) is 3.65. The van der Waals surface area contributed by atoms with Crippen LogP contribution < -0.4 is 16.0 Å². The summed E-state index contributed by atoms with van der Waals surface area (Å²) in [6.07, 6.45) is 0.983. The van der Waals surface area contributed by atoms with E-state index < -0.39 is 0 Å². The van der Waals surface area contributed by atoms with Gasteiger partial charge in [0.05, 0.1) is 6.54 Å². The average molecular weight is 276 g/mol. The molecule has 0 aromatic heterocycles. The molecule has 20 heavy (non-hydrogen) atoms. The minimum atomic E-state index is -0.0705. The van der Waals surface area contributed by atoms with Gasteiger partial charge in [-0.15, -0.1) is 0 Å². The van der Waals surface area contributed by atoms with E-state index in [2.05, 4.69) is 45.4 Å². The van der Waals surface area contributed by atoms with Gasteiger partial charge in [-0.1, -0.05) is 18.2 Å². The van der Waals surface area contributed by atoms with Crippen molar-refractivity contribution in [2.24, 2.45) is 5.73 Å². The van der Waals surface area contributed by atoms with Crippen LogP contribution in [0.25, 0.3) is 0 Å². The molecule has 5 heteroatoms. The van der Waals surface area contributed by atoms with Crippen LogP contribution in [0, 0.1) is 0 Å². The maximum Gasteiger partial charge on any atom is 0.233 e. The lowest BCUT2D eigenvalue weighted by Crippen LogP contribution is -2.47. The Morgan fingerprint density at radius 3 is 2.50 bits per heavy atom. The van der Waals surface area contributed by atoms with Gasteiger partial charge in [0.15, 0.2) is 0 Å². The van der Waals surface area contributed by atoms with E-state index in [1.54, 1.807) is 0 Å². The molecule has 3 N–H and O–H groups in total. The highest BCUT2D eigenvalue weighted by Gasteiger charge is 2.16. The summed E-state index contributed by atoms with van der Waals surface area (Å²) in [4.78, 5) is 15.9. The average Bonchev–Trinajstić information content (AvgIpc) is 2.52. The Hall–Kier alpha value is -1.59. The number of piperazine rings is 1. The van der Waals surface area contributed by atoms with E-state index in [-0.39, 0.29) is 12.5 Å². The molecule has 2 rings (SSSR count). The summed E-state index contributed by atoms with van der Waals surface area (Å²) < 4.78 is 0. The van der Waals surface area contributed by atoms with Gasteiger partial charge in [0, 0.05) is 38.4 Å². The molecular weight excluding hydrogens is 252 g/mol. The molecule has 1 fully saturated rings. The summed E-state index contributed by atoms with van der Waals surface area (Å²) in [6.45, 7) is 6.13. The predicted octanol–water partition coefficient (Wildman–Crippen LogP) is 0.274. The number of nitrogens with two attached hydrogens (primary N) is 1. The lowest BCUT2D eigenvalue weighted by Gasteiger charge is -2.36. The maximum atomic E-state index is 11.0. The van der Waals surface area contributed by atoms with Gasteiger partial charge in [-0.25, -0.2) is 0 Å². The zero-order valence-corrected chi connectivity index (χ0v) is 11.9. The molecule has 1 saturated heterocycles. The fraction of sp³-hybridized carbons (Fsp3) is 0.533. The Labute approximate surface area is 120 Å². The van der Waals surface area contributed by atoms with Crippen LogP contribution in [-0.4, -0.2) is 56.6 Å². The van der Waals surface area contributed by atoms with Crippen molar-refractivity contribution in [2.45, 2.75) is 6.42 Å². The number of hydrogen-bond donors (Lipinski definition) is 2. The number of benzene rings is 1. The largest absolute Gasteiger partial charge is 0.369 e. The van der Waals surface area contributed by atoms with E-state index in [9.17, 15) is 4.79 Å². The van der Waals surface area contributed by atoms with Gasteiger partial charge in [-0.2, -0.15) is 0 Å². The van der Waals surface area contributed by atoms with Gasteiger partial charge in [-0.05, 0) is 25.1 Å². The van der Waals surface area contributed by atoms with E-state index in [4.69, 9.17) is 5.73 Å². The molecule has 0 unspecified atom stereocenters. The summed E-state index contributed by atoms with van der Waals surface area (Å²) in [5.41, 5.74) is 6.55. The second kappa shape index (κ2) is 7.87. The topological polar surface area (TPSA) is 61.6 Å². The van der Waals surface area contributed by atoms with Crippen LogP contribution in [0.1, 0.15) is 6.42 Å². The number of nitrogens with zero attached hydrogens (tertiary/aromatic N) is 2. The quantitative estimate of drug-likeness (QED) is 0.732. The van der Waals surface area contributed by atoms with E-state index in [1.165, 1.54) is 5.69 Å². The zero-order valence-electron chi connectivity index (χ0n) is 11.9. The Kier molecular flexibility index (Phi) is 5.83. The van der Waals surface area contributed by atoms with E-state index in [1.807, 2.05) is 0 Å². The number of hydrogen-bond acceptors (Lipinski definition) is 4. The molecule has 1 aliphatic rings. The van der Waals surface area contributed by atoms with Gasteiger partial charge >= 0.3 is 0 Å². The van der Waals surface area contributed by atoms with Crippen LogP contribution in [0.15, 0.2) is 30.3 Å². The fourth-order valence-electron chi connectivity index (χ4n) is 2.47. The Balaban J connectivity index is 1.63. The highest BCUT2D eigenvalue weighted by atomic mass is 16.1. The van der Waals surface area contributed by atoms with Crippen LogP contribution in [0.3, 0.4) is 0 Å². The van der Waals surface area contributed by atoms with Crippen molar-refractivity contribution >= 4 is 11.6 Å². The van der Waals surface area contributed by atoms with Crippen molar-refractivity contribution in [3.63, 3.8) is 0 Å². The predicted molar refractivity (Wildman–Crippen MR) is 81.8 cm³/mol. The van der Waals surface area contributed by atoms with Crippen molar-refractivity contribution < 1.29 is 4.79 Å². The molecular formula is C15H24N4O. The molecule has 1 aromatic carbocycles. The Morgan fingerprint density at radius 2 is 1.85 bits per heavy atom. The summed E-state index contributed by atoms with van der Waals surface area (Å²) in [7, 11) is 0. The second-order valence-electron chi connectivity index (χ2n) is 5.07. The second-order valence-corrected chi connectivity index (χ2v) is 5.07. The lowest BCUT2D eigenvalue weighted by atomic mass is 10.2. The third kappa shape index (κ3) is 4.51. The van der Waals surface area contributed by atoms with Crippen molar-refractivity contribution in [1.29, 1.82) is 0 Å². The van der Waals surface area contributed by atoms with Crippen LogP contribution in [0.4, 0.5) is 5.69 Å². The van der Waals surface area contributed by atoms with Crippen molar-refractivity contribution in [1.82, 2.24) is 10.2 Å². The summed E-state index contributed by atoms with van der Waals surface area (Å²) in [5, 5.41) is 2.81. The number of carbonyl (C=O) groups is 1. The minimum Gasteiger partial charge on any atom is -0.369 e. The smallest absolute Gasteiger partial charge is 0.233 e. The minimum absolute atomic E-state index is 0.0705. The Morgan fingerprint density at radius 1 is 1.15 bits per heavy atom. The fourth-order valence-corrected chi connectivity index (χ4v) is 2.47. The molecule has 0 saturated carbocycles. The SMILES string of the molecule is NCC(=O)NCCCN1CCN(c2ccccc2)CC1. The molecule has 5 nitrogen and oxygen atoms in total. The summed E-state index contributed by atoms with van der Waals surface area (Å²) >= 11 is 0. The molecule has 0 bridgehead atoms. The first-order chi connectivity index (χ1) is 9.79. The lowest BCUT2D eigenvalue weighted by molar-refractivity contribution is -0.119. The number of amides is 1. The number of para-hydroxylation sites is 1. The number of carbonyl (C=O) groups excluding carboxylic acids is 1. The zero-order chi connectivity index (χ0) is 14.2. The first-order valence-corrected chi connectivity index (χ1v) is 7.28. The molecule has 1 amide bonds. The van der Waals surface area contributed by atoms with Gasteiger partial charge in [-0.3, -0.25) is 9.69 Å². The standard InChI is InChI=1S/C15H24N4O/c16-13-15(20)17-7-4-8-18-9-11-19(12-10-18)14-5-2-1-3-6-14/h1-3,5-6H,4,7-13,16H2,(H,17,20). The highest BCUT2D eigenvalue weighted by Crippen LogP contribution is 2.15. The number of anilines is 1. The van der Waals surface area contributed by atoms with Crippen LogP contribution >= 0.6 is 0 Å². The van der Waals surface area contributed by atoms with Crippen molar-refractivity contribution in [3.05, 3.63) is 30.3 Å². The molecule has 110 valence electrons. The van der Waals surface area contributed by atoms with Crippen LogP contribution in [-0.2, 0) is 4.79 Å². The highest BCUT2D eigenvalue weighted by molar-refractivity contribution is 5.77. The van der Waals surface area contributed by atoms with E-state index in [0.29, 0.717) is 0 Å². The van der Waals surface area contributed by atoms with Crippen molar-refractivity contribution in [2.75, 3.05) is 50.7 Å². The molecule has 0 atom stereocenters. The van der Waals surface area contributed by atoms with E-state index in [0.717, 1.165) is 45.7 Å².